The van der Waals surface area contributed by atoms with Crippen molar-refractivity contribution < 1.29 is 30.0 Å². The molecule has 0 aliphatic heterocycles. The maximum atomic E-state index is 12.2. The molecule has 1 rings (SSSR count). The second-order valence-corrected chi connectivity index (χ2v) is 6.12. The fraction of sp³-hybridized carbons (Fsp3) is 0.533. The zero-order chi connectivity index (χ0) is 18.4. The molecule has 24 heavy (non-hydrogen) atoms. The highest BCUT2D eigenvalue weighted by Gasteiger charge is 2.27. The summed E-state index contributed by atoms with van der Waals surface area (Å²) in [5.74, 6) is -1.23. The number of nitrogens with zero attached hydrogens (tertiary/aromatic N) is 1. The molecule has 6 N–H and O–H groups in total. The highest BCUT2D eigenvalue weighted by atomic mass is 16.3. The summed E-state index contributed by atoms with van der Waals surface area (Å²) in [7, 11) is 0. The molecule has 0 unspecified atom stereocenters. The average molecular weight is 341 g/mol. The Kier molecular flexibility index (Phi) is 6.79. The number of aliphatic hydroxyl groups is 4. The van der Waals surface area contributed by atoms with Crippen LogP contribution >= 0.6 is 0 Å². The minimum atomic E-state index is -1.21. The molecule has 0 bridgehead atoms. The van der Waals surface area contributed by atoms with E-state index in [0.717, 1.165) is 0 Å². The first-order valence-electron chi connectivity index (χ1n) is 7.26. The van der Waals surface area contributed by atoms with Crippen LogP contribution in [-0.4, -0.2) is 74.7 Å². The largest absolute Gasteiger partial charge is 0.394 e. The van der Waals surface area contributed by atoms with E-state index in [1.54, 1.807) is 0 Å². The van der Waals surface area contributed by atoms with E-state index in [9.17, 15) is 30.0 Å². The van der Waals surface area contributed by atoms with E-state index < -0.39 is 49.3 Å². The van der Waals surface area contributed by atoms with Gasteiger partial charge in [-0.3, -0.25) is 14.6 Å². The number of rotatable bonds is 8. The summed E-state index contributed by atoms with van der Waals surface area (Å²) in [6.07, 6.45) is 2.47. The third kappa shape index (κ3) is 4.96. The highest BCUT2D eigenvalue weighted by molar-refractivity contribution is 5.99. The van der Waals surface area contributed by atoms with Crippen molar-refractivity contribution in [2.45, 2.75) is 24.9 Å². The molecular formula is C15H23N3O6. The van der Waals surface area contributed by atoms with Gasteiger partial charge in [-0.05, 0) is 19.9 Å². The Bertz CT molecular complexity index is 537. The first-order valence-corrected chi connectivity index (χ1v) is 7.26. The predicted molar refractivity (Wildman–Crippen MR) is 84.3 cm³/mol. The predicted octanol–water partition coefficient (Wildman–Crippen LogP) is -1.97. The molecule has 1 aromatic rings. The SMILES string of the molecule is CC(CO)(CO)NC(=O)c1cncc(C(=O)NC(C)(CO)CO)c1. The molecule has 0 aromatic carbocycles. The molecule has 9 heteroatoms. The summed E-state index contributed by atoms with van der Waals surface area (Å²) in [5.41, 5.74) is -2.29. The van der Waals surface area contributed by atoms with E-state index in [1.807, 2.05) is 0 Å². The van der Waals surface area contributed by atoms with Crippen LogP contribution in [0.3, 0.4) is 0 Å². The quantitative estimate of drug-likeness (QED) is 0.321. The van der Waals surface area contributed by atoms with Gasteiger partial charge in [0.25, 0.3) is 11.8 Å². The van der Waals surface area contributed by atoms with Gasteiger partial charge in [0.05, 0.1) is 48.6 Å². The Labute approximate surface area is 139 Å². The van der Waals surface area contributed by atoms with Crippen LogP contribution in [0.1, 0.15) is 34.6 Å². The Hall–Kier alpha value is -2.07. The molecule has 1 aromatic heterocycles. The lowest BCUT2D eigenvalue weighted by Gasteiger charge is -2.27. The molecular weight excluding hydrogens is 318 g/mol. The van der Waals surface area contributed by atoms with Gasteiger partial charge in [0.1, 0.15) is 0 Å². The van der Waals surface area contributed by atoms with E-state index in [0.29, 0.717) is 0 Å². The summed E-state index contributed by atoms with van der Waals surface area (Å²) in [5, 5.41) is 41.7. The van der Waals surface area contributed by atoms with Crippen LogP contribution in [0, 0.1) is 0 Å². The Morgan fingerprint density at radius 3 is 1.50 bits per heavy atom. The highest BCUT2D eigenvalue weighted by Crippen LogP contribution is 2.09. The maximum absolute atomic E-state index is 12.2. The molecule has 0 radical (unpaired) electrons. The van der Waals surface area contributed by atoms with Crippen molar-refractivity contribution >= 4 is 11.8 Å². The van der Waals surface area contributed by atoms with Crippen molar-refractivity contribution in [3.63, 3.8) is 0 Å². The average Bonchev–Trinajstić information content (AvgIpc) is 2.61. The van der Waals surface area contributed by atoms with Crippen molar-refractivity contribution in [2.75, 3.05) is 26.4 Å². The lowest BCUT2D eigenvalue weighted by Crippen LogP contribution is -2.52. The lowest BCUT2D eigenvalue weighted by atomic mass is 10.0. The van der Waals surface area contributed by atoms with Crippen molar-refractivity contribution in [1.82, 2.24) is 15.6 Å². The summed E-state index contributed by atoms with van der Waals surface area (Å²) in [6, 6.07) is 1.28. The van der Waals surface area contributed by atoms with Gasteiger partial charge >= 0.3 is 0 Å². The number of hydrogen-bond acceptors (Lipinski definition) is 7. The molecule has 0 fully saturated rings. The van der Waals surface area contributed by atoms with E-state index in [4.69, 9.17) is 0 Å². The van der Waals surface area contributed by atoms with E-state index >= 15 is 0 Å². The zero-order valence-corrected chi connectivity index (χ0v) is 13.6. The fourth-order valence-corrected chi connectivity index (χ4v) is 1.64. The van der Waals surface area contributed by atoms with Crippen LogP contribution in [0.2, 0.25) is 0 Å². The number of aliphatic hydroxyl groups excluding tert-OH is 4. The van der Waals surface area contributed by atoms with Gasteiger partial charge in [-0.25, -0.2) is 0 Å². The second-order valence-electron chi connectivity index (χ2n) is 6.12. The molecule has 0 spiro atoms. The third-order valence-corrected chi connectivity index (χ3v) is 3.49. The topological polar surface area (TPSA) is 152 Å². The lowest BCUT2D eigenvalue weighted by molar-refractivity contribution is 0.0720. The normalized spacial score (nSPS) is 11.9. The standard InChI is InChI=1S/C15H23N3O6/c1-14(6-19,7-20)17-12(23)10-3-11(5-16-4-10)13(24)18-15(2,8-21)9-22/h3-5,19-22H,6-9H2,1-2H3,(H,17,23)(H,18,24). The monoisotopic (exact) mass is 341 g/mol. The van der Waals surface area contributed by atoms with Gasteiger partial charge in [-0.15, -0.1) is 0 Å². The van der Waals surface area contributed by atoms with Crippen LogP contribution in [-0.2, 0) is 0 Å². The smallest absolute Gasteiger partial charge is 0.253 e. The van der Waals surface area contributed by atoms with Crippen molar-refractivity contribution in [1.29, 1.82) is 0 Å². The fourth-order valence-electron chi connectivity index (χ4n) is 1.64. The second kappa shape index (κ2) is 8.15. The van der Waals surface area contributed by atoms with Gasteiger partial charge in [0.15, 0.2) is 0 Å². The molecule has 9 nitrogen and oxygen atoms in total. The van der Waals surface area contributed by atoms with Crippen LogP contribution in [0.15, 0.2) is 18.5 Å². The zero-order valence-electron chi connectivity index (χ0n) is 13.6. The van der Waals surface area contributed by atoms with E-state index in [2.05, 4.69) is 15.6 Å². The van der Waals surface area contributed by atoms with Crippen LogP contribution in [0.4, 0.5) is 0 Å². The molecule has 0 saturated heterocycles. The molecule has 0 saturated carbocycles. The molecule has 1 heterocycles. The third-order valence-electron chi connectivity index (χ3n) is 3.49. The first-order chi connectivity index (χ1) is 11.2. The number of aromatic nitrogens is 1. The van der Waals surface area contributed by atoms with Gasteiger partial charge in [0, 0.05) is 12.4 Å². The Morgan fingerprint density at radius 1 is 0.875 bits per heavy atom. The molecule has 0 aliphatic rings. The van der Waals surface area contributed by atoms with Gasteiger partial charge in [-0.2, -0.15) is 0 Å². The Morgan fingerprint density at radius 2 is 1.21 bits per heavy atom. The minimum Gasteiger partial charge on any atom is -0.394 e. The minimum absolute atomic E-state index is 0.0606. The first kappa shape index (κ1) is 20.0. The van der Waals surface area contributed by atoms with Crippen molar-refractivity contribution in [2.24, 2.45) is 0 Å². The van der Waals surface area contributed by atoms with E-state index in [1.165, 1.54) is 32.3 Å². The summed E-state index contributed by atoms with van der Waals surface area (Å²) in [6.45, 7) is 1.07. The molecule has 0 atom stereocenters. The number of pyridine rings is 1. The molecule has 134 valence electrons. The van der Waals surface area contributed by atoms with Gasteiger partial charge in [-0.1, -0.05) is 0 Å². The number of carbonyl (C=O) groups excluding carboxylic acids is 2. The van der Waals surface area contributed by atoms with Crippen molar-refractivity contribution in [3.05, 3.63) is 29.6 Å². The maximum Gasteiger partial charge on any atom is 0.253 e. The van der Waals surface area contributed by atoms with Crippen LogP contribution < -0.4 is 10.6 Å². The van der Waals surface area contributed by atoms with Gasteiger partial charge in [0.2, 0.25) is 0 Å². The summed E-state index contributed by atoms with van der Waals surface area (Å²) in [4.78, 5) is 28.1. The molecule has 2 amide bonds. The van der Waals surface area contributed by atoms with Gasteiger partial charge < -0.3 is 31.1 Å². The number of nitrogens with one attached hydrogen (secondary N) is 2. The number of hydrogen-bond donors (Lipinski definition) is 6. The van der Waals surface area contributed by atoms with Crippen molar-refractivity contribution in [3.8, 4) is 0 Å². The Balaban J connectivity index is 2.94. The number of carbonyl (C=O) groups is 2. The van der Waals surface area contributed by atoms with E-state index in [-0.39, 0.29) is 11.1 Å². The molecule has 0 aliphatic carbocycles. The van der Waals surface area contributed by atoms with Crippen LogP contribution in [0.25, 0.3) is 0 Å². The summed E-state index contributed by atoms with van der Waals surface area (Å²) < 4.78 is 0. The summed E-state index contributed by atoms with van der Waals surface area (Å²) >= 11 is 0. The number of amides is 2. The van der Waals surface area contributed by atoms with Crippen LogP contribution in [0.5, 0.6) is 0 Å².